The predicted molar refractivity (Wildman–Crippen MR) is 128 cm³/mol. The number of rotatable bonds is 6. The van der Waals surface area contributed by atoms with Crippen LogP contribution in [0.5, 0.6) is 5.75 Å². The maximum atomic E-state index is 12.9. The maximum absolute atomic E-state index is 12.9. The van der Waals surface area contributed by atoms with Crippen LogP contribution in [0.25, 0.3) is 22.0 Å². The Hall–Kier alpha value is -3.51. The van der Waals surface area contributed by atoms with Crippen LogP contribution in [0.15, 0.2) is 78.3 Å². The number of aryl methyl sites for hydroxylation is 1. The molecular formula is C26H23N3O2S. The summed E-state index contributed by atoms with van der Waals surface area (Å²) in [6, 6.07) is 22.1. The van der Waals surface area contributed by atoms with Crippen LogP contribution in [0.3, 0.4) is 0 Å². The molecule has 1 amide bonds. The van der Waals surface area contributed by atoms with Crippen molar-refractivity contribution in [3.05, 3.63) is 83.9 Å². The Labute approximate surface area is 191 Å². The van der Waals surface area contributed by atoms with Gasteiger partial charge >= 0.3 is 0 Å². The highest BCUT2D eigenvalue weighted by molar-refractivity contribution is 7.13. The first kappa shape index (κ1) is 20.4. The second kappa shape index (κ2) is 8.93. The molecule has 0 bridgehead atoms. The van der Waals surface area contributed by atoms with E-state index in [1.807, 2.05) is 71.8 Å². The zero-order valence-electron chi connectivity index (χ0n) is 17.8. The number of carbonyl (C=O) groups is 1. The predicted octanol–water partition coefficient (Wildman–Crippen LogP) is 5.62. The van der Waals surface area contributed by atoms with Gasteiger partial charge in [0.15, 0.2) is 6.10 Å². The third-order valence-corrected chi connectivity index (χ3v) is 6.41. The molecule has 0 radical (unpaired) electrons. The van der Waals surface area contributed by atoms with Gasteiger partial charge in [-0.3, -0.25) is 9.78 Å². The third kappa shape index (κ3) is 4.14. The summed E-state index contributed by atoms with van der Waals surface area (Å²) in [5, 5.41) is 2.90. The van der Waals surface area contributed by atoms with Crippen molar-refractivity contribution < 1.29 is 9.53 Å². The van der Waals surface area contributed by atoms with Crippen molar-refractivity contribution in [3.63, 3.8) is 0 Å². The van der Waals surface area contributed by atoms with Crippen molar-refractivity contribution in [2.75, 3.05) is 11.4 Å². The number of benzene rings is 2. The van der Waals surface area contributed by atoms with Gasteiger partial charge in [0, 0.05) is 23.7 Å². The Bertz CT molecular complexity index is 1220. The smallest absolute Gasteiger partial charge is 0.267 e. The molecule has 32 heavy (non-hydrogen) atoms. The lowest BCUT2D eigenvalue weighted by Gasteiger charge is -2.33. The summed E-state index contributed by atoms with van der Waals surface area (Å²) in [5.74, 6) is 0.732. The summed E-state index contributed by atoms with van der Waals surface area (Å²) in [7, 11) is 0. The van der Waals surface area contributed by atoms with Crippen LogP contribution in [0.4, 0.5) is 5.69 Å². The molecule has 1 atom stereocenters. The molecule has 3 heterocycles. The van der Waals surface area contributed by atoms with Gasteiger partial charge in [0.05, 0.1) is 17.1 Å². The van der Waals surface area contributed by atoms with Crippen molar-refractivity contribution in [3.8, 4) is 27.7 Å². The van der Waals surface area contributed by atoms with Crippen LogP contribution >= 0.6 is 11.3 Å². The fourth-order valence-electron chi connectivity index (χ4n) is 3.90. The fraction of sp³-hybridized carbons (Fsp3) is 0.192. The molecule has 1 aliphatic rings. The second-order valence-electron chi connectivity index (χ2n) is 7.77. The van der Waals surface area contributed by atoms with E-state index in [0.717, 1.165) is 46.2 Å². The number of carbonyl (C=O) groups excluding carboxylic acids is 1. The number of aromatic nitrogens is 2. The second-order valence-corrected chi connectivity index (χ2v) is 8.63. The average Bonchev–Trinajstić information content (AvgIpc) is 3.33. The minimum Gasteiger partial charge on any atom is -0.479 e. The summed E-state index contributed by atoms with van der Waals surface area (Å²) in [6.45, 7) is 2.46. The summed E-state index contributed by atoms with van der Waals surface area (Å²) in [4.78, 5) is 24.0. The van der Waals surface area contributed by atoms with E-state index in [2.05, 4.69) is 17.1 Å². The number of amides is 1. The number of anilines is 1. The van der Waals surface area contributed by atoms with Gasteiger partial charge in [0.1, 0.15) is 10.8 Å². The highest BCUT2D eigenvalue weighted by Gasteiger charge is 2.31. The molecule has 2 aromatic heterocycles. The van der Waals surface area contributed by atoms with Crippen LogP contribution in [0, 0.1) is 0 Å². The van der Waals surface area contributed by atoms with Crippen LogP contribution in [-0.4, -0.2) is 28.5 Å². The molecule has 0 fully saturated rings. The molecule has 0 aliphatic carbocycles. The van der Waals surface area contributed by atoms with E-state index in [9.17, 15) is 4.79 Å². The molecule has 5 rings (SSSR count). The molecule has 1 unspecified atom stereocenters. The zero-order chi connectivity index (χ0) is 21.9. The molecule has 0 saturated heterocycles. The first-order valence-electron chi connectivity index (χ1n) is 10.7. The number of hydrogen-bond acceptors (Lipinski definition) is 5. The first-order chi connectivity index (χ1) is 15.7. The van der Waals surface area contributed by atoms with E-state index in [4.69, 9.17) is 9.72 Å². The van der Waals surface area contributed by atoms with Gasteiger partial charge in [0.25, 0.3) is 5.91 Å². The van der Waals surface area contributed by atoms with E-state index in [-0.39, 0.29) is 5.91 Å². The molecule has 1 aliphatic heterocycles. The topological polar surface area (TPSA) is 55.3 Å². The maximum Gasteiger partial charge on any atom is 0.267 e. The minimum atomic E-state index is -0.486. The van der Waals surface area contributed by atoms with Crippen LogP contribution in [0.1, 0.15) is 18.9 Å². The van der Waals surface area contributed by atoms with E-state index < -0.39 is 6.10 Å². The van der Waals surface area contributed by atoms with E-state index >= 15 is 0 Å². The number of pyridine rings is 1. The molecular weight excluding hydrogens is 418 g/mol. The average molecular weight is 442 g/mol. The normalized spacial score (nSPS) is 15.3. The highest BCUT2D eigenvalue weighted by Crippen LogP contribution is 2.38. The fourth-order valence-corrected chi connectivity index (χ4v) is 4.70. The quantitative estimate of drug-likeness (QED) is 0.390. The highest BCUT2D eigenvalue weighted by atomic mass is 32.1. The molecule has 4 aromatic rings. The Morgan fingerprint density at radius 1 is 1.03 bits per heavy atom. The van der Waals surface area contributed by atoms with E-state index in [1.54, 1.807) is 17.5 Å². The Morgan fingerprint density at radius 3 is 2.69 bits per heavy atom. The molecule has 6 heteroatoms. The SMILES string of the molecule is CC1Oc2ccc(-c3csc(-c4ccccn4)n3)cc2N(CCCc2ccccc2)C1=O. The number of fused-ring (bicyclic) bond motifs is 1. The lowest BCUT2D eigenvalue weighted by atomic mass is 10.1. The molecule has 2 aromatic carbocycles. The first-order valence-corrected chi connectivity index (χ1v) is 11.6. The van der Waals surface area contributed by atoms with Crippen LogP contribution < -0.4 is 9.64 Å². The number of ether oxygens (including phenoxy) is 1. The molecule has 0 saturated carbocycles. The van der Waals surface area contributed by atoms with Gasteiger partial charge in [0.2, 0.25) is 0 Å². The molecule has 0 N–H and O–H groups in total. The number of thiazole rings is 1. The van der Waals surface area contributed by atoms with Gasteiger partial charge in [-0.15, -0.1) is 11.3 Å². The van der Waals surface area contributed by atoms with Gasteiger partial charge in [-0.25, -0.2) is 4.98 Å². The largest absolute Gasteiger partial charge is 0.479 e. The Balaban J connectivity index is 1.40. The standard InChI is InChI=1S/C26H23N3O2S/c1-18-26(30)29(15-7-10-19-8-3-2-4-9-19)23-16-20(12-13-24(23)31-18)22-17-32-25(28-22)21-11-5-6-14-27-21/h2-6,8-9,11-14,16-18H,7,10,15H2,1H3. The summed E-state index contributed by atoms with van der Waals surface area (Å²) in [5.41, 5.74) is 4.78. The lowest BCUT2D eigenvalue weighted by molar-refractivity contribution is -0.125. The monoisotopic (exact) mass is 441 g/mol. The zero-order valence-corrected chi connectivity index (χ0v) is 18.6. The summed E-state index contributed by atoms with van der Waals surface area (Å²) >= 11 is 1.56. The van der Waals surface area contributed by atoms with Gasteiger partial charge < -0.3 is 9.64 Å². The van der Waals surface area contributed by atoms with Crippen LogP contribution in [0.2, 0.25) is 0 Å². The molecule has 160 valence electrons. The van der Waals surface area contributed by atoms with Crippen molar-refractivity contribution in [1.82, 2.24) is 9.97 Å². The third-order valence-electron chi connectivity index (χ3n) is 5.54. The minimum absolute atomic E-state index is 0.00448. The number of hydrogen-bond donors (Lipinski definition) is 0. The Kier molecular flexibility index (Phi) is 5.69. The van der Waals surface area contributed by atoms with E-state index in [1.165, 1.54) is 5.56 Å². The van der Waals surface area contributed by atoms with Crippen molar-refractivity contribution >= 4 is 22.9 Å². The number of nitrogens with zero attached hydrogens (tertiary/aromatic N) is 3. The van der Waals surface area contributed by atoms with Gasteiger partial charge in [-0.1, -0.05) is 36.4 Å². The molecule has 5 nitrogen and oxygen atoms in total. The van der Waals surface area contributed by atoms with Gasteiger partial charge in [-0.05, 0) is 55.7 Å². The van der Waals surface area contributed by atoms with Crippen molar-refractivity contribution in [2.24, 2.45) is 0 Å². The van der Waals surface area contributed by atoms with Crippen molar-refractivity contribution in [1.29, 1.82) is 0 Å². The Morgan fingerprint density at radius 2 is 1.88 bits per heavy atom. The van der Waals surface area contributed by atoms with Crippen LogP contribution in [-0.2, 0) is 11.2 Å². The van der Waals surface area contributed by atoms with Gasteiger partial charge in [-0.2, -0.15) is 0 Å². The van der Waals surface area contributed by atoms with Crippen molar-refractivity contribution in [2.45, 2.75) is 25.9 Å². The summed E-state index contributed by atoms with van der Waals surface area (Å²) < 4.78 is 5.89. The lowest BCUT2D eigenvalue weighted by Crippen LogP contribution is -2.45. The molecule has 0 spiro atoms. The summed E-state index contributed by atoms with van der Waals surface area (Å²) in [6.07, 6.45) is 3.09. The van der Waals surface area contributed by atoms with E-state index in [0.29, 0.717) is 6.54 Å².